The number of ether oxygens (including phenoxy) is 1. The van der Waals surface area contributed by atoms with Crippen LogP contribution in [0, 0.1) is 5.82 Å². The second kappa shape index (κ2) is 10.9. The van der Waals surface area contributed by atoms with Gasteiger partial charge in [-0.25, -0.2) is 8.78 Å². The van der Waals surface area contributed by atoms with E-state index < -0.39 is 23.0 Å². The van der Waals surface area contributed by atoms with Crippen molar-refractivity contribution >= 4 is 11.9 Å². The van der Waals surface area contributed by atoms with E-state index in [1.165, 1.54) is 6.07 Å². The number of benzene rings is 2. The Morgan fingerprint density at radius 1 is 1.12 bits per heavy atom. The highest BCUT2D eigenvalue weighted by molar-refractivity contribution is 5.86. The van der Waals surface area contributed by atoms with Crippen LogP contribution in [-0.2, 0) is 15.0 Å². The van der Waals surface area contributed by atoms with Crippen LogP contribution in [0.2, 0.25) is 0 Å². The van der Waals surface area contributed by atoms with E-state index in [1.807, 2.05) is 25.1 Å². The molecule has 1 saturated heterocycles. The highest BCUT2D eigenvalue weighted by atomic mass is 19.1. The van der Waals surface area contributed by atoms with Crippen LogP contribution in [0.3, 0.4) is 0 Å². The van der Waals surface area contributed by atoms with Crippen molar-refractivity contribution in [3.8, 4) is 16.9 Å². The van der Waals surface area contributed by atoms with Gasteiger partial charge in [-0.2, -0.15) is 0 Å². The summed E-state index contributed by atoms with van der Waals surface area (Å²) in [6.45, 7) is 3.62. The van der Waals surface area contributed by atoms with Crippen LogP contribution in [0.15, 0.2) is 36.4 Å². The van der Waals surface area contributed by atoms with Gasteiger partial charge in [0.2, 0.25) is 5.67 Å². The van der Waals surface area contributed by atoms with Gasteiger partial charge in [-0.15, -0.1) is 0 Å². The van der Waals surface area contributed by atoms with Crippen molar-refractivity contribution in [3.63, 3.8) is 0 Å². The summed E-state index contributed by atoms with van der Waals surface area (Å²) in [5, 5.41) is 16.3. The molecule has 2 aromatic carbocycles. The maximum atomic E-state index is 15.6. The first-order chi connectivity index (χ1) is 20.1. The Morgan fingerprint density at radius 3 is 2.52 bits per heavy atom. The van der Waals surface area contributed by atoms with Gasteiger partial charge in [-0.05, 0) is 99.1 Å². The maximum absolute atomic E-state index is 15.6. The van der Waals surface area contributed by atoms with E-state index in [2.05, 4.69) is 10.6 Å². The summed E-state index contributed by atoms with van der Waals surface area (Å²) >= 11 is 0. The van der Waals surface area contributed by atoms with Gasteiger partial charge in [-0.1, -0.05) is 31.5 Å². The van der Waals surface area contributed by atoms with E-state index in [0.29, 0.717) is 48.1 Å². The third-order valence-corrected chi connectivity index (χ3v) is 10.7. The molecule has 0 radical (unpaired) electrons. The summed E-state index contributed by atoms with van der Waals surface area (Å²) in [7, 11) is 0. The molecule has 1 heterocycles. The fraction of sp³-hybridized carbons (Fsp3) is 0.588. The summed E-state index contributed by atoms with van der Waals surface area (Å²) in [5.74, 6) is -1.01. The number of aliphatic carboxylic acids is 1. The molecular formula is C34H42F2N2O4. The van der Waals surface area contributed by atoms with Crippen LogP contribution in [0.5, 0.6) is 5.75 Å². The van der Waals surface area contributed by atoms with Crippen molar-refractivity contribution in [1.29, 1.82) is 0 Å². The summed E-state index contributed by atoms with van der Waals surface area (Å²) in [6, 6.07) is 10.4. The van der Waals surface area contributed by atoms with Crippen molar-refractivity contribution in [1.82, 2.24) is 10.6 Å². The Balaban J connectivity index is 1.24. The van der Waals surface area contributed by atoms with E-state index in [0.717, 1.165) is 44.1 Å². The van der Waals surface area contributed by atoms with E-state index in [9.17, 15) is 14.7 Å². The summed E-state index contributed by atoms with van der Waals surface area (Å²) in [5.41, 5.74) is -0.460. The fourth-order valence-electron chi connectivity index (χ4n) is 7.33. The van der Waals surface area contributed by atoms with E-state index >= 15 is 8.78 Å². The molecule has 8 heteroatoms. The first-order valence-corrected chi connectivity index (χ1v) is 15.6. The van der Waals surface area contributed by atoms with Crippen molar-refractivity contribution < 1.29 is 28.2 Å². The molecule has 1 aliphatic heterocycles. The molecule has 2 aromatic rings. The quantitative estimate of drug-likeness (QED) is 0.313. The van der Waals surface area contributed by atoms with Crippen molar-refractivity contribution in [2.24, 2.45) is 0 Å². The SMILES string of the molecule is CC[C@@](C)(C(=O)O)c1ccc(O[C@@H]2CC[C@@H](NC(=O)[C@@]3(F)CNC4(CCC4)C3)C2)c(-c2cccc(F)c2C2CCC2)c1. The normalized spacial score (nSPS) is 28.1. The van der Waals surface area contributed by atoms with E-state index in [-0.39, 0.29) is 42.4 Å². The number of nitrogens with one attached hydrogen (secondary N) is 2. The number of carboxylic acid groups (broad SMARTS) is 1. The molecule has 6 nitrogen and oxygen atoms in total. The number of rotatable bonds is 9. The molecule has 226 valence electrons. The van der Waals surface area contributed by atoms with Gasteiger partial charge in [0, 0.05) is 36.5 Å². The van der Waals surface area contributed by atoms with Crippen molar-refractivity contribution in [3.05, 3.63) is 53.3 Å². The third-order valence-electron chi connectivity index (χ3n) is 10.7. The van der Waals surface area contributed by atoms with Crippen molar-refractivity contribution in [2.45, 2.75) is 119 Å². The lowest BCUT2D eigenvalue weighted by Crippen LogP contribution is -2.49. The molecule has 3 N–H and O–H groups in total. The predicted octanol–water partition coefficient (Wildman–Crippen LogP) is 6.55. The zero-order valence-electron chi connectivity index (χ0n) is 24.6. The van der Waals surface area contributed by atoms with Gasteiger partial charge in [0.05, 0.1) is 5.41 Å². The monoisotopic (exact) mass is 580 g/mol. The molecule has 3 aliphatic carbocycles. The highest BCUT2D eigenvalue weighted by Gasteiger charge is 2.55. The van der Waals surface area contributed by atoms with Gasteiger partial charge in [0.15, 0.2) is 0 Å². The number of amides is 1. The lowest BCUT2D eigenvalue weighted by molar-refractivity contribution is -0.143. The number of carbonyl (C=O) groups is 2. The average Bonchev–Trinajstić information content (AvgIpc) is 3.53. The smallest absolute Gasteiger partial charge is 0.313 e. The van der Waals surface area contributed by atoms with Crippen LogP contribution in [0.25, 0.3) is 11.1 Å². The lowest BCUT2D eigenvalue weighted by atomic mass is 9.74. The Labute approximate surface area is 246 Å². The number of carbonyl (C=O) groups excluding carboxylic acids is 1. The highest BCUT2D eigenvalue weighted by Crippen LogP contribution is 2.47. The minimum absolute atomic E-state index is 0.0607. The van der Waals surface area contributed by atoms with Gasteiger partial charge < -0.3 is 20.5 Å². The Kier molecular flexibility index (Phi) is 7.57. The molecule has 0 bridgehead atoms. The first kappa shape index (κ1) is 29.1. The van der Waals surface area contributed by atoms with E-state index in [4.69, 9.17) is 4.74 Å². The Morgan fingerprint density at radius 2 is 1.90 bits per heavy atom. The molecular weight excluding hydrogens is 538 g/mol. The molecule has 0 unspecified atom stereocenters. The van der Waals surface area contributed by atoms with Crippen molar-refractivity contribution in [2.75, 3.05) is 6.54 Å². The van der Waals surface area contributed by atoms with Gasteiger partial charge >= 0.3 is 5.97 Å². The van der Waals surface area contributed by atoms with Crippen LogP contribution < -0.4 is 15.4 Å². The Bertz CT molecular complexity index is 1370. The number of halogens is 2. The lowest BCUT2D eigenvalue weighted by Gasteiger charge is -2.38. The van der Waals surface area contributed by atoms with Gasteiger partial charge in [-0.3, -0.25) is 9.59 Å². The minimum Gasteiger partial charge on any atom is -0.490 e. The van der Waals surface area contributed by atoms with Gasteiger partial charge in [0.25, 0.3) is 5.91 Å². The summed E-state index contributed by atoms with van der Waals surface area (Å²) in [4.78, 5) is 25.3. The first-order valence-electron chi connectivity index (χ1n) is 15.6. The number of hydrogen-bond donors (Lipinski definition) is 3. The molecule has 4 fully saturated rings. The molecule has 1 spiro atoms. The molecule has 4 atom stereocenters. The second-order valence-corrected chi connectivity index (χ2v) is 13.4. The molecule has 4 aliphatic rings. The van der Waals surface area contributed by atoms with E-state index in [1.54, 1.807) is 19.1 Å². The van der Waals surface area contributed by atoms with Crippen LogP contribution in [-0.4, -0.2) is 46.9 Å². The number of hydrogen-bond acceptors (Lipinski definition) is 4. The largest absolute Gasteiger partial charge is 0.490 e. The maximum Gasteiger partial charge on any atom is 0.313 e. The predicted molar refractivity (Wildman–Crippen MR) is 157 cm³/mol. The molecule has 6 rings (SSSR count). The summed E-state index contributed by atoms with van der Waals surface area (Å²) < 4.78 is 37.4. The van der Waals surface area contributed by atoms with Crippen LogP contribution >= 0.6 is 0 Å². The average molecular weight is 581 g/mol. The molecule has 0 aromatic heterocycles. The van der Waals surface area contributed by atoms with Gasteiger partial charge in [0.1, 0.15) is 17.7 Å². The second-order valence-electron chi connectivity index (χ2n) is 13.4. The molecule has 1 amide bonds. The molecule has 3 saturated carbocycles. The zero-order chi connectivity index (χ0) is 29.7. The zero-order valence-corrected chi connectivity index (χ0v) is 24.6. The minimum atomic E-state index is -1.88. The van der Waals surface area contributed by atoms with Crippen LogP contribution in [0.1, 0.15) is 102 Å². The standard InChI is InChI=1S/C34H42F2N2O4/c1-3-32(2,31(40)41)22-11-14-28(26(17-22)25-9-5-10-27(35)29(25)21-7-4-8-21)42-24-13-12-23(18-24)38-30(39)34(36)19-33(37-20-34)15-6-16-33/h5,9-11,14,17,21,23-24,37H,3-4,6-8,12-13,15-16,18-20H2,1-2H3,(H,38,39)(H,40,41)/t23-,24-,32-,34+/m1/s1. The molecule has 42 heavy (non-hydrogen) atoms. The Hall–Kier alpha value is -3.00. The fourth-order valence-corrected chi connectivity index (χ4v) is 7.33. The number of alkyl halides is 1. The number of carboxylic acids is 1. The summed E-state index contributed by atoms with van der Waals surface area (Å²) in [6.07, 6.45) is 8.14. The third kappa shape index (κ3) is 5.10. The topological polar surface area (TPSA) is 87.7 Å². The van der Waals surface area contributed by atoms with Crippen LogP contribution in [0.4, 0.5) is 8.78 Å².